The lowest BCUT2D eigenvalue weighted by atomic mass is 10.1. The van der Waals surface area contributed by atoms with Crippen molar-refractivity contribution in [3.05, 3.63) is 24.3 Å². The Labute approximate surface area is 107 Å². The zero-order valence-corrected chi connectivity index (χ0v) is 10.8. The zero-order chi connectivity index (χ0) is 12.3. The Balaban J connectivity index is 1.97. The quantitative estimate of drug-likeness (QED) is 0.714. The molecular weight excluding hydrogens is 234 g/mol. The van der Waals surface area contributed by atoms with E-state index >= 15 is 0 Å². The lowest BCUT2D eigenvalue weighted by molar-refractivity contribution is 0.415. The van der Waals surface area contributed by atoms with Gasteiger partial charge in [0.1, 0.15) is 11.9 Å². The molecule has 4 nitrogen and oxygen atoms in total. The molecule has 1 aromatic rings. The van der Waals surface area contributed by atoms with E-state index in [1.54, 1.807) is 7.11 Å². The molecule has 17 heavy (non-hydrogen) atoms. The second kappa shape index (κ2) is 5.23. The van der Waals surface area contributed by atoms with Gasteiger partial charge in [-0.05, 0) is 43.4 Å². The van der Waals surface area contributed by atoms with E-state index < -0.39 is 0 Å². The third-order valence-electron chi connectivity index (χ3n) is 2.70. The number of methoxy groups -OCH3 is 1. The van der Waals surface area contributed by atoms with Gasteiger partial charge in [0.2, 0.25) is 0 Å². The van der Waals surface area contributed by atoms with E-state index in [0.717, 1.165) is 17.9 Å². The topological polar surface area (TPSA) is 45.3 Å². The molecule has 0 aromatic heterocycles. The van der Waals surface area contributed by atoms with Gasteiger partial charge in [-0.3, -0.25) is 0 Å². The monoisotopic (exact) mass is 251 g/mol. The molecule has 1 aliphatic rings. The molecule has 1 aromatic carbocycles. The number of ether oxygens (including phenoxy) is 1. The van der Waals surface area contributed by atoms with E-state index in [0.29, 0.717) is 11.2 Å². The van der Waals surface area contributed by atoms with Crippen molar-refractivity contribution in [1.29, 1.82) is 0 Å². The van der Waals surface area contributed by atoms with Gasteiger partial charge in [-0.25, -0.2) is 0 Å². The highest BCUT2D eigenvalue weighted by atomic mass is 32.1. The predicted molar refractivity (Wildman–Crippen MR) is 73.4 cm³/mol. The molecule has 0 saturated carbocycles. The van der Waals surface area contributed by atoms with Crippen molar-refractivity contribution in [3.8, 4) is 5.75 Å². The lowest BCUT2D eigenvalue weighted by Crippen LogP contribution is -2.55. The minimum absolute atomic E-state index is 0.173. The van der Waals surface area contributed by atoms with Crippen LogP contribution in [0.1, 0.15) is 13.3 Å². The Hall–Kier alpha value is -1.49. The van der Waals surface area contributed by atoms with E-state index in [1.165, 1.54) is 0 Å². The van der Waals surface area contributed by atoms with Gasteiger partial charge in [0.15, 0.2) is 5.11 Å². The van der Waals surface area contributed by atoms with Crippen LogP contribution in [0, 0.1) is 0 Å². The van der Waals surface area contributed by atoms with Crippen LogP contribution in [0.3, 0.4) is 0 Å². The molecule has 0 unspecified atom stereocenters. The molecule has 5 heteroatoms. The van der Waals surface area contributed by atoms with Gasteiger partial charge in [0.05, 0.1) is 7.11 Å². The number of hydrogen-bond acceptors (Lipinski definition) is 3. The van der Waals surface area contributed by atoms with Gasteiger partial charge >= 0.3 is 0 Å². The van der Waals surface area contributed by atoms with Crippen molar-refractivity contribution in [3.63, 3.8) is 0 Å². The Morgan fingerprint density at radius 3 is 2.59 bits per heavy atom. The van der Waals surface area contributed by atoms with Crippen LogP contribution in [0.4, 0.5) is 5.69 Å². The number of rotatable bonds is 3. The highest BCUT2D eigenvalue weighted by molar-refractivity contribution is 7.80. The van der Waals surface area contributed by atoms with Gasteiger partial charge in [-0.15, -0.1) is 0 Å². The summed E-state index contributed by atoms with van der Waals surface area (Å²) in [6.07, 6.45) is 1.15. The lowest BCUT2D eigenvalue weighted by Gasteiger charge is -2.32. The van der Waals surface area contributed by atoms with Crippen molar-refractivity contribution in [2.45, 2.75) is 25.6 Å². The summed E-state index contributed by atoms with van der Waals surface area (Å²) in [6.45, 7) is 2.12. The largest absolute Gasteiger partial charge is 0.497 e. The Morgan fingerprint density at radius 2 is 2.00 bits per heavy atom. The van der Waals surface area contributed by atoms with Crippen LogP contribution in [0.15, 0.2) is 24.3 Å². The zero-order valence-electron chi connectivity index (χ0n) is 9.99. The maximum Gasteiger partial charge on any atom is 0.168 e. The molecule has 3 N–H and O–H groups in total. The number of hydrogen-bond donors (Lipinski definition) is 3. The summed E-state index contributed by atoms with van der Waals surface area (Å²) in [5.74, 6) is 0.859. The van der Waals surface area contributed by atoms with Gasteiger partial charge in [-0.1, -0.05) is 0 Å². The molecule has 0 radical (unpaired) electrons. The van der Waals surface area contributed by atoms with Crippen LogP contribution >= 0.6 is 12.2 Å². The normalized spacial score (nSPS) is 23.5. The standard InChI is InChI=1S/C12H17N3OS/c1-8-7-11(15-12(17)13-8)14-9-3-5-10(16-2)6-4-9/h3-6,8,11,14H,7H2,1-2H3,(H2,13,15,17)/t8-,11-/m1/s1. The van der Waals surface area contributed by atoms with Crippen LogP contribution in [0.25, 0.3) is 0 Å². The summed E-state index contributed by atoms with van der Waals surface area (Å²) in [4.78, 5) is 0. The fourth-order valence-electron chi connectivity index (χ4n) is 1.88. The molecule has 2 rings (SSSR count). The highest BCUT2D eigenvalue weighted by Crippen LogP contribution is 2.16. The van der Waals surface area contributed by atoms with Crippen molar-refractivity contribution < 1.29 is 4.74 Å². The van der Waals surface area contributed by atoms with Gasteiger partial charge in [0, 0.05) is 18.2 Å². The number of nitrogens with one attached hydrogen (secondary N) is 3. The third-order valence-corrected chi connectivity index (χ3v) is 2.94. The predicted octanol–water partition coefficient (Wildman–Crippen LogP) is 1.69. The van der Waals surface area contributed by atoms with Crippen molar-refractivity contribution in [1.82, 2.24) is 10.6 Å². The third kappa shape index (κ3) is 3.23. The minimum atomic E-state index is 0.173. The first-order valence-corrected chi connectivity index (χ1v) is 6.06. The van der Waals surface area contributed by atoms with Crippen LogP contribution in [-0.2, 0) is 0 Å². The summed E-state index contributed by atoms with van der Waals surface area (Å²) in [5.41, 5.74) is 1.06. The minimum Gasteiger partial charge on any atom is -0.497 e. The van der Waals surface area contributed by atoms with Gasteiger partial charge in [0.25, 0.3) is 0 Å². The Bertz CT molecular complexity index is 393. The van der Waals surface area contributed by atoms with Crippen molar-refractivity contribution in [2.75, 3.05) is 12.4 Å². The Morgan fingerprint density at radius 1 is 1.29 bits per heavy atom. The van der Waals surface area contributed by atoms with E-state index in [4.69, 9.17) is 17.0 Å². The smallest absolute Gasteiger partial charge is 0.168 e. The first-order valence-electron chi connectivity index (χ1n) is 5.65. The molecule has 1 fully saturated rings. The fraction of sp³-hybridized carbons (Fsp3) is 0.417. The average molecular weight is 251 g/mol. The maximum atomic E-state index is 5.13. The first-order chi connectivity index (χ1) is 8.17. The highest BCUT2D eigenvalue weighted by Gasteiger charge is 2.19. The van der Waals surface area contributed by atoms with Crippen LogP contribution in [-0.4, -0.2) is 24.4 Å². The summed E-state index contributed by atoms with van der Waals surface area (Å²) < 4.78 is 5.12. The number of anilines is 1. The van der Waals surface area contributed by atoms with Gasteiger partial charge < -0.3 is 20.7 Å². The molecule has 2 atom stereocenters. The van der Waals surface area contributed by atoms with Crippen molar-refractivity contribution >= 4 is 23.0 Å². The maximum absolute atomic E-state index is 5.13. The fourth-order valence-corrected chi connectivity index (χ4v) is 2.22. The summed E-state index contributed by atoms with van der Waals surface area (Å²) in [7, 11) is 1.66. The molecule has 0 spiro atoms. The number of benzene rings is 1. The molecule has 1 saturated heterocycles. The van der Waals surface area contributed by atoms with Crippen LogP contribution in [0.5, 0.6) is 5.75 Å². The number of thiocarbonyl (C=S) groups is 1. The molecule has 0 aliphatic carbocycles. The second-order valence-electron chi connectivity index (χ2n) is 4.18. The second-order valence-corrected chi connectivity index (χ2v) is 4.59. The molecule has 0 bridgehead atoms. The Kier molecular flexibility index (Phi) is 3.68. The van der Waals surface area contributed by atoms with E-state index in [1.807, 2.05) is 24.3 Å². The molecule has 1 aliphatic heterocycles. The van der Waals surface area contributed by atoms with E-state index in [2.05, 4.69) is 22.9 Å². The van der Waals surface area contributed by atoms with Crippen LogP contribution < -0.4 is 20.7 Å². The van der Waals surface area contributed by atoms with E-state index in [9.17, 15) is 0 Å². The average Bonchev–Trinajstić information content (AvgIpc) is 2.28. The van der Waals surface area contributed by atoms with E-state index in [-0.39, 0.29) is 6.17 Å². The first kappa shape index (κ1) is 12.0. The molecule has 0 amide bonds. The summed E-state index contributed by atoms with van der Waals surface area (Å²) in [5, 5.41) is 10.5. The summed E-state index contributed by atoms with van der Waals surface area (Å²) in [6, 6.07) is 8.25. The molecule has 92 valence electrons. The molecular formula is C12H17N3OS. The molecule has 1 heterocycles. The van der Waals surface area contributed by atoms with Crippen LogP contribution in [0.2, 0.25) is 0 Å². The van der Waals surface area contributed by atoms with Gasteiger partial charge in [-0.2, -0.15) is 0 Å². The van der Waals surface area contributed by atoms with Crippen molar-refractivity contribution in [2.24, 2.45) is 0 Å². The SMILES string of the molecule is COc1ccc(N[C@H]2C[C@@H](C)NC(=S)N2)cc1. The summed E-state index contributed by atoms with van der Waals surface area (Å²) >= 11 is 5.13.